The molecule has 1 heterocycles. The van der Waals surface area contributed by atoms with Crippen molar-refractivity contribution in [1.82, 2.24) is 9.97 Å². The molecular weight excluding hydrogens is 218 g/mol. The first kappa shape index (κ1) is 11.0. The lowest BCUT2D eigenvalue weighted by molar-refractivity contribution is 0.415. The number of methoxy groups -OCH3 is 1. The van der Waals surface area contributed by atoms with Gasteiger partial charge in [0.1, 0.15) is 11.4 Å². The Kier molecular flexibility index (Phi) is 2.95. The predicted octanol–water partition coefficient (Wildman–Crippen LogP) is 1.39. The Hall–Kier alpha value is -2.50. The van der Waals surface area contributed by atoms with Gasteiger partial charge in [-0.05, 0) is 24.3 Å². The Labute approximate surface area is 98.6 Å². The summed E-state index contributed by atoms with van der Waals surface area (Å²) in [4.78, 5) is 7.73. The molecule has 1 aromatic heterocycles. The van der Waals surface area contributed by atoms with Crippen molar-refractivity contribution in [3.8, 4) is 5.75 Å². The zero-order valence-corrected chi connectivity index (χ0v) is 9.34. The molecule has 0 unspecified atom stereocenters. The average molecular weight is 231 g/mol. The number of ether oxygens (including phenoxy) is 1. The van der Waals surface area contributed by atoms with E-state index in [0.29, 0.717) is 11.5 Å². The van der Waals surface area contributed by atoms with Crippen molar-refractivity contribution in [1.29, 1.82) is 0 Å². The van der Waals surface area contributed by atoms with Crippen molar-refractivity contribution in [3.63, 3.8) is 0 Å². The molecule has 2 rings (SSSR count). The van der Waals surface area contributed by atoms with Crippen LogP contribution < -0.4 is 21.5 Å². The summed E-state index contributed by atoms with van der Waals surface area (Å²) in [7, 11) is 1.62. The van der Waals surface area contributed by atoms with Crippen molar-refractivity contribution >= 4 is 23.1 Å². The fourth-order valence-electron chi connectivity index (χ4n) is 1.34. The van der Waals surface area contributed by atoms with Crippen molar-refractivity contribution < 1.29 is 4.74 Å². The predicted molar refractivity (Wildman–Crippen MR) is 67.1 cm³/mol. The van der Waals surface area contributed by atoms with Gasteiger partial charge in [-0.3, -0.25) is 0 Å². The molecule has 5 N–H and O–H groups in total. The minimum Gasteiger partial charge on any atom is -0.497 e. The molecule has 0 spiro atoms. The highest BCUT2D eigenvalue weighted by atomic mass is 16.5. The molecular formula is C11H13N5O. The molecule has 0 atom stereocenters. The molecule has 17 heavy (non-hydrogen) atoms. The molecule has 0 saturated carbocycles. The third-order valence-electron chi connectivity index (χ3n) is 2.21. The van der Waals surface area contributed by atoms with Gasteiger partial charge in [-0.25, -0.2) is 4.98 Å². The molecule has 6 heteroatoms. The number of nitrogens with one attached hydrogen (secondary N) is 1. The molecule has 0 aliphatic carbocycles. The standard InChI is InChI=1S/C11H13N5O/c1-17-8-4-2-7(3-5-8)15-9-6-14-11(13)16-10(9)12/h2-6,15H,1H3,(H4,12,13,14,16). The Morgan fingerprint density at radius 2 is 1.88 bits per heavy atom. The molecule has 6 nitrogen and oxygen atoms in total. The van der Waals surface area contributed by atoms with E-state index in [4.69, 9.17) is 16.2 Å². The second-order valence-corrected chi connectivity index (χ2v) is 3.38. The van der Waals surface area contributed by atoms with Gasteiger partial charge in [0.2, 0.25) is 5.95 Å². The summed E-state index contributed by atoms with van der Waals surface area (Å²) in [5.74, 6) is 1.26. The first-order chi connectivity index (χ1) is 8.19. The number of benzene rings is 1. The summed E-state index contributed by atoms with van der Waals surface area (Å²) in [6, 6.07) is 7.43. The van der Waals surface area contributed by atoms with Crippen molar-refractivity contribution in [3.05, 3.63) is 30.5 Å². The average Bonchev–Trinajstić information content (AvgIpc) is 2.34. The molecule has 0 radical (unpaired) electrons. The third-order valence-corrected chi connectivity index (χ3v) is 2.21. The van der Waals surface area contributed by atoms with E-state index in [0.717, 1.165) is 11.4 Å². The van der Waals surface area contributed by atoms with Gasteiger partial charge in [0.25, 0.3) is 0 Å². The number of nitrogen functional groups attached to an aromatic ring is 2. The summed E-state index contributed by atoms with van der Waals surface area (Å²) in [5, 5.41) is 3.09. The van der Waals surface area contributed by atoms with Gasteiger partial charge in [0, 0.05) is 5.69 Å². The van der Waals surface area contributed by atoms with Crippen LogP contribution in [0.25, 0.3) is 0 Å². The minimum absolute atomic E-state index is 0.155. The van der Waals surface area contributed by atoms with Crippen LogP contribution in [0.1, 0.15) is 0 Å². The largest absolute Gasteiger partial charge is 0.497 e. The van der Waals surface area contributed by atoms with Gasteiger partial charge in [-0.1, -0.05) is 0 Å². The van der Waals surface area contributed by atoms with E-state index in [1.807, 2.05) is 24.3 Å². The highest BCUT2D eigenvalue weighted by molar-refractivity contribution is 5.69. The van der Waals surface area contributed by atoms with E-state index in [1.165, 1.54) is 0 Å². The highest BCUT2D eigenvalue weighted by Crippen LogP contribution is 2.22. The third kappa shape index (κ3) is 2.54. The Bertz CT molecular complexity index is 512. The fraction of sp³-hybridized carbons (Fsp3) is 0.0909. The van der Waals surface area contributed by atoms with Crippen LogP contribution in [0.2, 0.25) is 0 Å². The number of hydrogen-bond acceptors (Lipinski definition) is 6. The summed E-state index contributed by atoms with van der Waals surface area (Å²) in [6.45, 7) is 0. The number of nitrogens with zero attached hydrogens (tertiary/aromatic N) is 2. The maximum Gasteiger partial charge on any atom is 0.222 e. The van der Waals surface area contributed by atoms with Gasteiger partial charge < -0.3 is 21.5 Å². The smallest absolute Gasteiger partial charge is 0.222 e. The van der Waals surface area contributed by atoms with Crippen LogP contribution in [0.4, 0.5) is 23.1 Å². The second-order valence-electron chi connectivity index (χ2n) is 3.38. The summed E-state index contributed by atoms with van der Waals surface area (Å²) >= 11 is 0. The zero-order chi connectivity index (χ0) is 12.3. The number of hydrogen-bond donors (Lipinski definition) is 3. The zero-order valence-electron chi connectivity index (χ0n) is 9.34. The van der Waals surface area contributed by atoms with Gasteiger partial charge >= 0.3 is 0 Å². The normalized spacial score (nSPS) is 9.94. The molecule has 0 bridgehead atoms. The van der Waals surface area contributed by atoms with Crippen LogP contribution in [0.15, 0.2) is 30.5 Å². The van der Waals surface area contributed by atoms with E-state index < -0.39 is 0 Å². The first-order valence-electron chi connectivity index (χ1n) is 4.98. The molecule has 2 aromatic rings. The van der Waals surface area contributed by atoms with Crippen LogP contribution in [-0.2, 0) is 0 Å². The van der Waals surface area contributed by atoms with E-state index in [-0.39, 0.29) is 5.95 Å². The lowest BCUT2D eigenvalue weighted by atomic mass is 10.3. The Morgan fingerprint density at radius 3 is 2.47 bits per heavy atom. The maximum absolute atomic E-state index is 5.71. The van der Waals surface area contributed by atoms with Crippen LogP contribution in [0.3, 0.4) is 0 Å². The van der Waals surface area contributed by atoms with Gasteiger partial charge in [-0.2, -0.15) is 4.98 Å². The lowest BCUT2D eigenvalue weighted by Crippen LogP contribution is -2.03. The quantitative estimate of drug-likeness (QED) is 0.738. The van der Waals surface area contributed by atoms with Crippen LogP contribution in [0.5, 0.6) is 5.75 Å². The minimum atomic E-state index is 0.155. The number of aromatic nitrogens is 2. The maximum atomic E-state index is 5.71. The number of nitrogens with two attached hydrogens (primary N) is 2. The molecule has 0 saturated heterocycles. The molecule has 0 fully saturated rings. The second kappa shape index (κ2) is 4.56. The number of anilines is 4. The Balaban J connectivity index is 2.19. The number of rotatable bonds is 3. The van der Waals surface area contributed by atoms with Crippen molar-refractivity contribution in [2.75, 3.05) is 23.9 Å². The molecule has 0 aliphatic rings. The van der Waals surface area contributed by atoms with Crippen LogP contribution >= 0.6 is 0 Å². The molecule has 88 valence electrons. The van der Waals surface area contributed by atoms with Gasteiger partial charge in [-0.15, -0.1) is 0 Å². The first-order valence-corrected chi connectivity index (χ1v) is 4.98. The SMILES string of the molecule is COc1ccc(Nc2cnc(N)nc2N)cc1. The van der Waals surface area contributed by atoms with E-state index in [9.17, 15) is 0 Å². The fourth-order valence-corrected chi connectivity index (χ4v) is 1.34. The van der Waals surface area contributed by atoms with Crippen molar-refractivity contribution in [2.24, 2.45) is 0 Å². The van der Waals surface area contributed by atoms with Gasteiger partial charge in [0.05, 0.1) is 13.3 Å². The van der Waals surface area contributed by atoms with E-state index in [1.54, 1.807) is 13.3 Å². The van der Waals surface area contributed by atoms with Gasteiger partial charge in [0.15, 0.2) is 5.82 Å². The van der Waals surface area contributed by atoms with Crippen LogP contribution in [0, 0.1) is 0 Å². The van der Waals surface area contributed by atoms with E-state index >= 15 is 0 Å². The molecule has 0 amide bonds. The van der Waals surface area contributed by atoms with E-state index in [2.05, 4.69) is 15.3 Å². The van der Waals surface area contributed by atoms with Crippen LogP contribution in [-0.4, -0.2) is 17.1 Å². The molecule has 1 aromatic carbocycles. The topological polar surface area (TPSA) is 99.1 Å². The monoisotopic (exact) mass is 231 g/mol. The molecule has 0 aliphatic heterocycles. The highest BCUT2D eigenvalue weighted by Gasteiger charge is 2.02. The van der Waals surface area contributed by atoms with Crippen molar-refractivity contribution in [2.45, 2.75) is 0 Å². The summed E-state index contributed by atoms with van der Waals surface area (Å²) in [5.41, 5.74) is 12.6. The summed E-state index contributed by atoms with van der Waals surface area (Å²) < 4.78 is 5.07. The summed E-state index contributed by atoms with van der Waals surface area (Å²) in [6.07, 6.45) is 1.54. The Morgan fingerprint density at radius 1 is 1.18 bits per heavy atom. The lowest BCUT2D eigenvalue weighted by Gasteiger charge is -2.08.